The fourth-order valence-corrected chi connectivity index (χ4v) is 1.86. The van der Waals surface area contributed by atoms with Crippen molar-refractivity contribution in [1.29, 1.82) is 0 Å². The first kappa shape index (κ1) is 15.5. The minimum Gasteiger partial charge on any atom is -0.366 e. The molecule has 5 N–H and O–H groups in total. The molecule has 0 aliphatic heterocycles. The van der Waals surface area contributed by atoms with E-state index in [0.29, 0.717) is 12.1 Å². The van der Waals surface area contributed by atoms with Crippen molar-refractivity contribution >= 4 is 29.1 Å². The van der Waals surface area contributed by atoms with Crippen LogP contribution < -0.4 is 16.8 Å². The molecule has 0 fully saturated rings. The van der Waals surface area contributed by atoms with Crippen molar-refractivity contribution in [3.05, 3.63) is 28.8 Å². The molecule has 19 heavy (non-hydrogen) atoms. The highest BCUT2D eigenvalue weighted by Gasteiger charge is 2.14. The maximum Gasteiger partial charge on any atom is 0.250 e. The van der Waals surface area contributed by atoms with Gasteiger partial charge in [0, 0.05) is 5.69 Å². The Labute approximate surface area is 117 Å². The van der Waals surface area contributed by atoms with Crippen LogP contribution in [0.5, 0.6) is 0 Å². The third-order valence-corrected chi connectivity index (χ3v) is 3.02. The molecule has 1 rings (SSSR count). The summed E-state index contributed by atoms with van der Waals surface area (Å²) in [6, 6.07) is 3.97. The van der Waals surface area contributed by atoms with Gasteiger partial charge in [0.15, 0.2) is 0 Å². The molecule has 104 valence electrons. The van der Waals surface area contributed by atoms with Gasteiger partial charge in [0.1, 0.15) is 0 Å². The zero-order valence-electron chi connectivity index (χ0n) is 10.8. The molecule has 1 atom stereocenters. The average molecular weight is 284 g/mol. The minimum absolute atomic E-state index is 0.201. The summed E-state index contributed by atoms with van der Waals surface area (Å²) in [6.07, 6.45) is 2.52. The second-order valence-electron chi connectivity index (χ2n) is 4.30. The second-order valence-corrected chi connectivity index (χ2v) is 4.70. The van der Waals surface area contributed by atoms with Gasteiger partial charge in [-0.1, -0.05) is 31.4 Å². The lowest BCUT2D eigenvalue weighted by molar-refractivity contribution is -0.117. The van der Waals surface area contributed by atoms with Gasteiger partial charge in [-0.05, 0) is 24.6 Å². The van der Waals surface area contributed by atoms with Crippen LogP contribution >= 0.6 is 11.6 Å². The maximum atomic E-state index is 11.8. The van der Waals surface area contributed by atoms with Crippen LogP contribution in [0.3, 0.4) is 0 Å². The number of primary amides is 1. The van der Waals surface area contributed by atoms with E-state index in [0.717, 1.165) is 12.8 Å². The third-order valence-electron chi connectivity index (χ3n) is 2.71. The smallest absolute Gasteiger partial charge is 0.250 e. The topological polar surface area (TPSA) is 98.2 Å². The van der Waals surface area contributed by atoms with Gasteiger partial charge in [0.25, 0.3) is 0 Å². The summed E-state index contributed by atoms with van der Waals surface area (Å²) in [6.45, 7) is 2.03. The van der Waals surface area contributed by atoms with Crippen molar-refractivity contribution in [2.24, 2.45) is 11.5 Å². The van der Waals surface area contributed by atoms with Gasteiger partial charge in [-0.15, -0.1) is 0 Å². The Morgan fingerprint density at radius 3 is 2.63 bits per heavy atom. The molecule has 0 aliphatic carbocycles. The van der Waals surface area contributed by atoms with Crippen LogP contribution in [0.1, 0.15) is 36.5 Å². The number of carbonyl (C=O) groups excluding carboxylic acids is 2. The number of hydrogen-bond donors (Lipinski definition) is 3. The second kappa shape index (κ2) is 7.11. The van der Waals surface area contributed by atoms with E-state index in [1.165, 1.54) is 12.1 Å². The number of amides is 2. The van der Waals surface area contributed by atoms with E-state index in [1.807, 2.05) is 6.92 Å². The summed E-state index contributed by atoms with van der Waals surface area (Å²) in [7, 11) is 0. The Balaban J connectivity index is 2.70. The van der Waals surface area contributed by atoms with Crippen LogP contribution in [-0.4, -0.2) is 17.9 Å². The molecule has 0 bridgehead atoms. The van der Waals surface area contributed by atoms with Crippen molar-refractivity contribution in [1.82, 2.24) is 0 Å². The Kier molecular flexibility index (Phi) is 5.79. The highest BCUT2D eigenvalue weighted by molar-refractivity contribution is 6.34. The van der Waals surface area contributed by atoms with Gasteiger partial charge < -0.3 is 16.8 Å². The summed E-state index contributed by atoms with van der Waals surface area (Å²) < 4.78 is 0. The Bertz CT molecular complexity index is 477. The minimum atomic E-state index is -0.609. The van der Waals surface area contributed by atoms with E-state index in [4.69, 9.17) is 23.1 Å². The van der Waals surface area contributed by atoms with Crippen molar-refractivity contribution in [3.63, 3.8) is 0 Å². The molecule has 1 unspecified atom stereocenters. The fourth-order valence-electron chi connectivity index (χ4n) is 1.58. The standard InChI is InChI=1S/C13H18ClN3O2/c1-2-3-4-11(15)13(19)17-8-5-6-9(12(16)18)10(14)7-8/h5-7,11H,2-4,15H2,1H3,(H2,16,18)(H,17,19). The van der Waals surface area contributed by atoms with Crippen molar-refractivity contribution in [2.75, 3.05) is 5.32 Å². The number of rotatable bonds is 6. The average Bonchev–Trinajstić information content (AvgIpc) is 2.35. The van der Waals surface area contributed by atoms with Crippen LogP contribution in [0.15, 0.2) is 18.2 Å². The zero-order chi connectivity index (χ0) is 14.4. The lowest BCUT2D eigenvalue weighted by atomic mass is 10.1. The van der Waals surface area contributed by atoms with Crippen LogP contribution in [-0.2, 0) is 4.79 Å². The number of nitrogens with two attached hydrogens (primary N) is 2. The molecule has 6 heteroatoms. The number of anilines is 1. The van der Waals surface area contributed by atoms with Gasteiger partial charge in [-0.2, -0.15) is 0 Å². The fraction of sp³-hybridized carbons (Fsp3) is 0.385. The van der Waals surface area contributed by atoms with Crippen molar-refractivity contribution in [2.45, 2.75) is 32.2 Å². The summed E-state index contributed by atoms with van der Waals surface area (Å²) >= 11 is 5.89. The normalized spacial score (nSPS) is 11.9. The largest absolute Gasteiger partial charge is 0.366 e. The predicted molar refractivity (Wildman–Crippen MR) is 76.1 cm³/mol. The number of halogens is 1. The quantitative estimate of drug-likeness (QED) is 0.743. The molecule has 2 amide bonds. The molecule has 5 nitrogen and oxygen atoms in total. The Hall–Kier alpha value is -1.59. The van der Waals surface area contributed by atoms with E-state index in [2.05, 4.69) is 5.32 Å². The summed E-state index contributed by atoms with van der Waals surface area (Å²) in [5, 5.41) is 2.86. The van der Waals surface area contributed by atoms with Gasteiger partial charge >= 0.3 is 0 Å². The van der Waals surface area contributed by atoms with E-state index >= 15 is 0 Å². The van der Waals surface area contributed by atoms with E-state index in [-0.39, 0.29) is 16.5 Å². The first-order valence-electron chi connectivity index (χ1n) is 6.11. The maximum absolute atomic E-state index is 11.8. The van der Waals surface area contributed by atoms with Crippen molar-refractivity contribution in [3.8, 4) is 0 Å². The number of hydrogen-bond acceptors (Lipinski definition) is 3. The molecular weight excluding hydrogens is 266 g/mol. The van der Waals surface area contributed by atoms with E-state index in [9.17, 15) is 9.59 Å². The van der Waals surface area contributed by atoms with Gasteiger partial charge in [0.05, 0.1) is 16.6 Å². The van der Waals surface area contributed by atoms with Crippen LogP contribution in [0.2, 0.25) is 5.02 Å². The molecule has 0 saturated carbocycles. The van der Waals surface area contributed by atoms with E-state index in [1.54, 1.807) is 6.07 Å². The van der Waals surface area contributed by atoms with E-state index < -0.39 is 11.9 Å². The Morgan fingerprint density at radius 2 is 2.11 bits per heavy atom. The zero-order valence-corrected chi connectivity index (χ0v) is 11.5. The highest BCUT2D eigenvalue weighted by Crippen LogP contribution is 2.20. The molecule has 1 aromatic carbocycles. The van der Waals surface area contributed by atoms with Gasteiger partial charge in [0.2, 0.25) is 11.8 Å². The predicted octanol–water partition coefficient (Wildman–Crippen LogP) is 1.89. The highest BCUT2D eigenvalue weighted by atomic mass is 35.5. The number of benzene rings is 1. The van der Waals surface area contributed by atoms with Crippen molar-refractivity contribution < 1.29 is 9.59 Å². The number of carbonyl (C=O) groups is 2. The molecule has 0 aromatic heterocycles. The van der Waals surface area contributed by atoms with Gasteiger partial charge in [-0.25, -0.2) is 0 Å². The monoisotopic (exact) mass is 283 g/mol. The number of unbranched alkanes of at least 4 members (excludes halogenated alkanes) is 1. The van der Waals surface area contributed by atoms with Crippen LogP contribution in [0.4, 0.5) is 5.69 Å². The summed E-state index contributed by atoms with van der Waals surface area (Å²) in [5.41, 5.74) is 11.6. The Morgan fingerprint density at radius 1 is 1.42 bits per heavy atom. The molecule has 0 aliphatic rings. The van der Waals surface area contributed by atoms with Crippen LogP contribution in [0, 0.1) is 0 Å². The van der Waals surface area contributed by atoms with Crippen LogP contribution in [0.25, 0.3) is 0 Å². The lowest BCUT2D eigenvalue weighted by Gasteiger charge is -2.12. The number of nitrogens with one attached hydrogen (secondary N) is 1. The summed E-state index contributed by atoms with van der Waals surface area (Å²) in [5.74, 6) is -0.876. The molecule has 0 radical (unpaired) electrons. The first-order valence-corrected chi connectivity index (χ1v) is 6.49. The van der Waals surface area contributed by atoms with Gasteiger partial charge in [-0.3, -0.25) is 9.59 Å². The third kappa shape index (κ3) is 4.54. The molecule has 1 aromatic rings. The SMILES string of the molecule is CCCCC(N)C(=O)Nc1ccc(C(N)=O)c(Cl)c1. The summed E-state index contributed by atoms with van der Waals surface area (Å²) in [4.78, 5) is 22.8. The lowest BCUT2D eigenvalue weighted by Crippen LogP contribution is -2.35. The molecule has 0 spiro atoms. The molecule has 0 saturated heterocycles. The molecule has 0 heterocycles. The molecular formula is C13H18ClN3O2. The first-order chi connectivity index (χ1) is 8.95.